The Hall–Kier alpha value is -3.02. The van der Waals surface area contributed by atoms with E-state index in [1.807, 2.05) is 18.2 Å². The quantitative estimate of drug-likeness (QED) is 0.328. The third-order valence-corrected chi connectivity index (χ3v) is 7.40. The van der Waals surface area contributed by atoms with Crippen LogP contribution in [-0.2, 0) is 35.4 Å². The van der Waals surface area contributed by atoms with Crippen LogP contribution in [0.15, 0.2) is 60.7 Å². The molecule has 1 aliphatic heterocycles. The van der Waals surface area contributed by atoms with Gasteiger partial charge in [0.25, 0.3) is 0 Å². The highest BCUT2D eigenvalue weighted by molar-refractivity contribution is 6.42. The van der Waals surface area contributed by atoms with Crippen molar-refractivity contribution >= 4 is 35.1 Å². The third-order valence-electron chi connectivity index (χ3n) is 6.66. The monoisotopic (exact) mass is 539 g/mol. The Bertz CT molecular complexity index is 1310. The topological polar surface area (TPSA) is 66.8 Å². The van der Waals surface area contributed by atoms with Gasteiger partial charge in [0.2, 0.25) is 5.91 Å². The van der Waals surface area contributed by atoms with Gasteiger partial charge in [-0.2, -0.15) is 0 Å². The van der Waals surface area contributed by atoms with Crippen molar-refractivity contribution in [2.75, 3.05) is 6.54 Å². The molecule has 37 heavy (non-hydrogen) atoms. The van der Waals surface area contributed by atoms with Crippen LogP contribution in [0.4, 0.5) is 0 Å². The van der Waals surface area contributed by atoms with Gasteiger partial charge < -0.3 is 14.7 Å². The lowest BCUT2D eigenvalue weighted by molar-refractivity contribution is -0.144. The zero-order valence-electron chi connectivity index (χ0n) is 21.3. The molecule has 194 valence electrons. The minimum Gasteiger partial charge on any atom is -0.487 e. The summed E-state index contributed by atoms with van der Waals surface area (Å²) in [6.07, 6.45) is 1.61. The first kappa shape index (κ1) is 27.0. The van der Waals surface area contributed by atoms with Gasteiger partial charge in [0.15, 0.2) is 0 Å². The molecule has 1 N–H and O–H groups in total. The van der Waals surface area contributed by atoms with E-state index >= 15 is 0 Å². The summed E-state index contributed by atoms with van der Waals surface area (Å²) < 4.78 is 6.34. The fraction of sp³-hybridized carbons (Fsp3) is 0.333. The second-order valence-electron chi connectivity index (χ2n) is 10.3. The van der Waals surface area contributed by atoms with Crippen molar-refractivity contribution in [1.82, 2.24) is 4.90 Å². The Morgan fingerprint density at radius 2 is 1.65 bits per heavy atom. The average Bonchev–Trinajstić information content (AvgIpc) is 3.16. The molecule has 0 spiro atoms. The molecule has 0 bridgehead atoms. The summed E-state index contributed by atoms with van der Waals surface area (Å²) in [5.74, 6) is -0.0304. The van der Waals surface area contributed by atoms with Gasteiger partial charge in [-0.1, -0.05) is 79.5 Å². The number of hydrogen-bond acceptors (Lipinski definition) is 3. The molecule has 0 saturated heterocycles. The van der Waals surface area contributed by atoms with E-state index in [-0.39, 0.29) is 24.5 Å². The first-order valence-corrected chi connectivity index (χ1v) is 13.1. The van der Waals surface area contributed by atoms with Crippen LogP contribution < -0.4 is 4.74 Å². The zero-order chi connectivity index (χ0) is 26.7. The number of carbonyl (C=O) groups excluding carboxylic acids is 1. The first-order valence-electron chi connectivity index (χ1n) is 12.3. The number of aliphatic carboxylic acids is 1. The van der Waals surface area contributed by atoms with E-state index in [1.54, 1.807) is 18.2 Å². The molecule has 3 aromatic carbocycles. The highest BCUT2D eigenvalue weighted by Crippen LogP contribution is 2.38. The summed E-state index contributed by atoms with van der Waals surface area (Å²) in [4.78, 5) is 25.9. The van der Waals surface area contributed by atoms with Crippen molar-refractivity contribution in [3.63, 3.8) is 0 Å². The Morgan fingerprint density at radius 1 is 0.973 bits per heavy atom. The number of ether oxygens (including phenoxy) is 1. The molecule has 7 heteroatoms. The summed E-state index contributed by atoms with van der Waals surface area (Å²) in [6.45, 7) is 6.21. The molecule has 0 aliphatic carbocycles. The number of carboxylic acid groups (broad SMARTS) is 1. The number of fused-ring (bicyclic) bond motifs is 1. The molecule has 0 saturated carbocycles. The summed E-state index contributed by atoms with van der Waals surface area (Å²) in [5, 5.41) is 10.1. The maximum atomic E-state index is 13.1. The molecule has 1 aliphatic rings. The predicted octanol–water partition coefficient (Wildman–Crippen LogP) is 6.71. The van der Waals surface area contributed by atoms with Crippen LogP contribution in [0.5, 0.6) is 5.75 Å². The number of hydrogen-bond donors (Lipinski definition) is 1. The zero-order valence-corrected chi connectivity index (χ0v) is 22.8. The van der Waals surface area contributed by atoms with E-state index < -0.39 is 12.5 Å². The van der Waals surface area contributed by atoms with Gasteiger partial charge in [-0.15, -0.1) is 0 Å². The Morgan fingerprint density at radius 3 is 2.30 bits per heavy atom. The van der Waals surface area contributed by atoms with Crippen LogP contribution in [0.2, 0.25) is 10.0 Å². The molecule has 5 nitrogen and oxygen atoms in total. The second kappa shape index (κ2) is 11.2. The molecule has 1 heterocycles. The van der Waals surface area contributed by atoms with Crippen molar-refractivity contribution in [3.05, 3.63) is 98.5 Å². The van der Waals surface area contributed by atoms with Gasteiger partial charge in [-0.25, -0.2) is 0 Å². The number of benzene rings is 3. The van der Waals surface area contributed by atoms with Gasteiger partial charge >= 0.3 is 5.97 Å². The SMILES string of the molecule is CC(C)c1ccc(C[C@]2(C)Cc3cc(CC(=O)N(CC(=O)O)Cc4ccc(Cl)c(Cl)c4)ccc3O2)cc1. The standard InChI is InChI=1S/C30H31Cl2NO4/c1-19(2)23-8-4-20(5-9-23)15-30(3)16-24-12-21(7-11-27(24)37-30)14-28(34)33(18-29(35)36)17-22-6-10-25(31)26(32)13-22/h4-13,19H,14-18H2,1-3H3,(H,35,36)/t30-/m1/s1. The highest BCUT2D eigenvalue weighted by atomic mass is 35.5. The van der Waals surface area contributed by atoms with Crippen molar-refractivity contribution in [2.45, 2.75) is 58.1 Å². The van der Waals surface area contributed by atoms with Crippen molar-refractivity contribution in [1.29, 1.82) is 0 Å². The maximum absolute atomic E-state index is 13.1. The third kappa shape index (κ3) is 6.85. The van der Waals surface area contributed by atoms with Gasteiger partial charge in [0.1, 0.15) is 17.9 Å². The molecule has 0 unspecified atom stereocenters. The number of nitrogens with zero attached hydrogens (tertiary/aromatic N) is 1. The molecular weight excluding hydrogens is 509 g/mol. The first-order chi connectivity index (χ1) is 17.5. The van der Waals surface area contributed by atoms with Gasteiger partial charge in [-0.3, -0.25) is 9.59 Å². The molecule has 3 aromatic rings. The lowest BCUT2D eigenvalue weighted by Gasteiger charge is -2.24. The van der Waals surface area contributed by atoms with E-state index in [9.17, 15) is 14.7 Å². The van der Waals surface area contributed by atoms with Gasteiger partial charge in [0.05, 0.1) is 16.5 Å². The van der Waals surface area contributed by atoms with Gasteiger partial charge in [-0.05, 0) is 58.9 Å². The van der Waals surface area contributed by atoms with E-state index in [0.717, 1.165) is 29.7 Å². The summed E-state index contributed by atoms with van der Waals surface area (Å²) in [6, 6.07) is 19.5. The maximum Gasteiger partial charge on any atom is 0.323 e. The van der Waals surface area contributed by atoms with Gasteiger partial charge in [0, 0.05) is 19.4 Å². The average molecular weight is 540 g/mol. The Kier molecular flexibility index (Phi) is 8.15. The molecule has 4 rings (SSSR count). The highest BCUT2D eigenvalue weighted by Gasteiger charge is 2.35. The van der Waals surface area contributed by atoms with Crippen molar-refractivity contribution in [2.24, 2.45) is 0 Å². The lowest BCUT2D eigenvalue weighted by atomic mass is 9.90. The normalized spacial score (nSPS) is 16.4. The summed E-state index contributed by atoms with van der Waals surface area (Å²) in [5.41, 5.74) is 4.76. The molecule has 1 atom stereocenters. The fourth-order valence-corrected chi connectivity index (χ4v) is 5.10. The van der Waals surface area contributed by atoms with E-state index in [4.69, 9.17) is 27.9 Å². The van der Waals surface area contributed by atoms with Crippen molar-refractivity contribution < 1.29 is 19.4 Å². The number of halogens is 2. The minimum atomic E-state index is -1.08. The van der Waals surface area contributed by atoms with Crippen LogP contribution in [0.25, 0.3) is 0 Å². The van der Waals surface area contributed by atoms with Crippen LogP contribution in [0.3, 0.4) is 0 Å². The number of rotatable bonds is 9. The second-order valence-corrected chi connectivity index (χ2v) is 11.1. The van der Waals surface area contributed by atoms with Crippen LogP contribution in [-0.4, -0.2) is 34.0 Å². The summed E-state index contributed by atoms with van der Waals surface area (Å²) >= 11 is 12.1. The Balaban J connectivity index is 1.44. The number of carboxylic acids is 1. The summed E-state index contributed by atoms with van der Waals surface area (Å²) in [7, 11) is 0. The van der Waals surface area contributed by atoms with Crippen LogP contribution in [0, 0.1) is 0 Å². The van der Waals surface area contributed by atoms with Crippen LogP contribution in [0.1, 0.15) is 54.5 Å². The van der Waals surface area contributed by atoms with E-state index in [0.29, 0.717) is 21.5 Å². The number of amides is 1. The largest absolute Gasteiger partial charge is 0.487 e. The molecule has 1 amide bonds. The van der Waals surface area contributed by atoms with E-state index in [1.165, 1.54) is 16.0 Å². The molecule has 0 radical (unpaired) electrons. The fourth-order valence-electron chi connectivity index (χ4n) is 4.78. The number of carbonyl (C=O) groups is 2. The molecule has 0 fully saturated rings. The smallest absolute Gasteiger partial charge is 0.323 e. The molecular formula is C30H31Cl2NO4. The molecule has 0 aromatic heterocycles. The predicted molar refractivity (Wildman–Crippen MR) is 147 cm³/mol. The lowest BCUT2D eigenvalue weighted by Crippen LogP contribution is -2.36. The van der Waals surface area contributed by atoms with Crippen molar-refractivity contribution in [3.8, 4) is 5.75 Å². The Labute approximate surface area is 228 Å². The van der Waals surface area contributed by atoms with E-state index in [2.05, 4.69) is 45.0 Å². The minimum absolute atomic E-state index is 0.0925. The van der Waals surface area contributed by atoms with Crippen LogP contribution >= 0.6 is 23.2 Å².